The summed E-state index contributed by atoms with van der Waals surface area (Å²) in [5.41, 5.74) is 4.31. The molecular weight excluding hydrogens is 174 g/mol. The third kappa shape index (κ3) is 1.59. The van der Waals surface area contributed by atoms with Gasteiger partial charge in [-0.05, 0) is 6.92 Å². The molecule has 2 unspecified atom stereocenters. The Morgan fingerprint density at radius 2 is 2.23 bits per heavy atom. The van der Waals surface area contributed by atoms with Crippen LogP contribution in [0.4, 0.5) is 4.79 Å². The van der Waals surface area contributed by atoms with E-state index in [0.717, 1.165) is 0 Å². The van der Waals surface area contributed by atoms with E-state index in [1.807, 2.05) is 0 Å². The molecule has 1 fully saturated rings. The second-order valence-electron chi connectivity index (χ2n) is 3.00. The standard InChI is InChI=1S/C8H11NO4/c1-4-5-11-8(3)7(2,9)12-6(10)13-8/h1H,5,9H2,2-3H3. The SMILES string of the molecule is C#CCOC1(C)OC(=O)OC1(C)N. The van der Waals surface area contributed by atoms with E-state index in [4.69, 9.17) is 21.6 Å². The highest BCUT2D eigenvalue weighted by atomic mass is 16.9. The number of carbonyl (C=O) groups is 1. The Labute approximate surface area is 76.1 Å². The Morgan fingerprint density at radius 1 is 1.62 bits per heavy atom. The second kappa shape index (κ2) is 2.91. The number of hydrogen-bond donors (Lipinski definition) is 1. The average molecular weight is 185 g/mol. The minimum Gasteiger partial charge on any atom is -0.406 e. The first-order chi connectivity index (χ1) is 5.91. The molecule has 0 aromatic carbocycles. The van der Waals surface area contributed by atoms with Crippen molar-refractivity contribution in [3.8, 4) is 12.3 Å². The molecule has 0 saturated carbocycles. The summed E-state index contributed by atoms with van der Waals surface area (Å²) in [6.45, 7) is 2.98. The molecular formula is C8H11NO4. The highest BCUT2D eigenvalue weighted by molar-refractivity contribution is 5.63. The van der Waals surface area contributed by atoms with E-state index in [0.29, 0.717) is 0 Å². The van der Waals surface area contributed by atoms with Crippen molar-refractivity contribution in [2.75, 3.05) is 6.61 Å². The van der Waals surface area contributed by atoms with Gasteiger partial charge in [-0.3, -0.25) is 5.73 Å². The maximum absolute atomic E-state index is 10.8. The van der Waals surface area contributed by atoms with Gasteiger partial charge in [0, 0.05) is 6.92 Å². The zero-order chi connectivity index (χ0) is 10.1. The first kappa shape index (κ1) is 9.84. The van der Waals surface area contributed by atoms with Gasteiger partial charge >= 0.3 is 6.16 Å². The zero-order valence-electron chi connectivity index (χ0n) is 7.49. The van der Waals surface area contributed by atoms with Crippen LogP contribution in [0.5, 0.6) is 0 Å². The molecule has 1 saturated heterocycles. The third-order valence-corrected chi connectivity index (χ3v) is 1.91. The number of rotatable bonds is 2. The molecule has 5 nitrogen and oxygen atoms in total. The van der Waals surface area contributed by atoms with Gasteiger partial charge in [0.05, 0.1) is 0 Å². The Bertz CT molecular complexity index is 268. The first-order valence-corrected chi connectivity index (χ1v) is 3.69. The molecule has 0 aliphatic carbocycles. The average Bonchev–Trinajstić information content (AvgIpc) is 2.17. The summed E-state index contributed by atoms with van der Waals surface area (Å²) in [4.78, 5) is 10.8. The summed E-state index contributed by atoms with van der Waals surface area (Å²) >= 11 is 0. The molecule has 72 valence electrons. The highest BCUT2D eigenvalue weighted by Crippen LogP contribution is 2.33. The molecule has 0 radical (unpaired) electrons. The molecule has 13 heavy (non-hydrogen) atoms. The molecule has 1 aliphatic heterocycles. The van der Waals surface area contributed by atoms with Gasteiger partial charge < -0.3 is 14.2 Å². The van der Waals surface area contributed by atoms with Crippen molar-refractivity contribution in [3.05, 3.63) is 0 Å². The van der Waals surface area contributed by atoms with Gasteiger partial charge in [0.15, 0.2) is 0 Å². The fourth-order valence-corrected chi connectivity index (χ4v) is 0.899. The molecule has 5 heteroatoms. The van der Waals surface area contributed by atoms with Crippen LogP contribution in [0.1, 0.15) is 13.8 Å². The molecule has 1 heterocycles. The zero-order valence-corrected chi connectivity index (χ0v) is 7.49. The Kier molecular flexibility index (Phi) is 2.20. The van der Waals surface area contributed by atoms with Gasteiger partial charge in [0.25, 0.3) is 5.79 Å². The van der Waals surface area contributed by atoms with Crippen LogP contribution in [0.2, 0.25) is 0 Å². The van der Waals surface area contributed by atoms with Crippen molar-refractivity contribution in [3.63, 3.8) is 0 Å². The Morgan fingerprint density at radius 3 is 2.62 bits per heavy atom. The number of hydrogen-bond acceptors (Lipinski definition) is 5. The minimum atomic E-state index is -1.32. The van der Waals surface area contributed by atoms with Crippen LogP contribution in [-0.2, 0) is 14.2 Å². The van der Waals surface area contributed by atoms with E-state index in [2.05, 4.69) is 10.7 Å². The molecule has 2 atom stereocenters. The molecule has 2 N–H and O–H groups in total. The fraction of sp³-hybridized carbons (Fsp3) is 0.625. The van der Waals surface area contributed by atoms with Crippen LogP contribution >= 0.6 is 0 Å². The number of cyclic esters (lactones) is 2. The fourth-order valence-electron chi connectivity index (χ4n) is 0.899. The maximum atomic E-state index is 10.8. The summed E-state index contributed by atoms with van der Waals surface area (Å²) < 4.78 is 14.5. The van der Waals surface area contributed by atoms with Crippen LogP contribution in [-0.4, -0.2) is 24.3 Å². The first-order valence-electron chi connectivity index (χ1n) is 3.69. The predicted octanol–water partition coefficient (Wildman–Crippen LogP) is 0.194. The highest BCUT2D eigenvalue weighted by Gasteiger charge is 2.56. The van der Waals surface area contributed by atoms with Gasteiger partial charge in [-0.15, -0.1) is 6.42 Å². The number of terminal acetylenes is 1. The van der Waals surface area contributed by atoms with Crippen molar-refractivity contribution in [1.29, 1.82) is 0 Å². The number of carbonyl (C=O) groups excluding carboxylic acids is 1. The van der Waals surface area contributed by atoms with Gasteiger partial charge in [-0.1, -0.05) is 5.92 Å². The van der Waals surface area contributed by atoms with Crippen molar-refractivity contribution in [1.82, 2.24) is 0 Å². The maximum Gasteiger partial charge on any atom is 0.513 e. The van der Waals surface area contributed by atoms with Crippen LogP contribution in [0.15, 0.2) is 0 Å². The molecule has 0 spiro atoms. The Hall–Kier alpha value is -1.25. The normalized spacial score (nSPS) is 37.8. The van der Waals surface area contributed by atoms with Crippen LogP contribution in [0.3, 0.4) is 0 Å². The second-order valence-corrected chi connectivity index (χ2v) is 3.00. The summed E-state index contributed by atoms with van der Waals surface area (Å²) in [5, 5.41) is 0. The van der Waals surface area contributed by atoms with E-state index in [9.17, 15) is 4.79 Å². The molecule has 0 amide bonds. The minimum absolute atomic E-state index is 0.0000694. The summed E-state index contributed by atoms with van der Waals surface area (Å²) in [6.07, 6.45) is 4.13. The largest absolute Gasteiger partial charge is 0.513 e. The molecule has 0 aromatic rings. The van der Waals surface area contributed by atoms with E-state index < -0.39 is 17.7 Å². The van der Waals surface area contributed by atoms with Gasteiger partial charge in [0.2, 0.25) is 5.72 Å². The predicted molar refractivity (Wildman–Crippen MR) is 43.3 cm³/mol. The van der Waals surface area contributed by atoms with Crippen LogP contribution in [0, 0.1) is 12.3 Å². The van der Waals surface area contributed by atoms with Gasteiger partial charge in [-0.25, -0.2) is 4.79 Å². The lowest BCUT2D eigenvalue weighted by Gasteiger charge is -2.30. The van der Waals surface area contributed by atoms with E-state index in [1.54, 1.807) is 0 Å². The summed E-state index contributed by atoms with van der Waals surface area (Å²) in [5.74, 6) is 0.925. The quantitative estimate of drug-likeness (QED) is 0.491. The van der Waals surface area contributed by atoms with Crippen LogP contribution in [0.25, 0.3) is 0 Å². The monoisotopic (exact) mass is 185 g/mol. The molecule has 0 aromatic heterocycles. The molecule has 1 aliphatic rings. The van der Waals surface area contributed by atoms with Crippen molar-refractivity contribution in [2.24, 2.45) is 5.73 Å². The lowest BCUT2D eigenvalue weighted by molar-refractivity contribution is -0.213. The Balaban J connectivity index is 2.77. The molecule has 0 bridgehead atoms. The number of nitrogens with two attached hydrogens (primary N) is 1. The van der Waals surface area contributed by atoms with Crippen molar-refractivity contribution >= 4 is 6.16 Å². The topological polar surface area (TPSA) is 70.8 Å². The van der Waals surface area contributed by atoms with Crippen LogP contribution < -0.4 is 5.73 Å². The number of ether oxygens (including phenoxy) is 3. The van der Waals surface area contributed by atoms with Crippen molar-refractivity contribution in [2.45, 2.75) is 25.4 Å². The lowest BCUT2D eigenvalue weighted by Crippen LogP contribution is -2.56. The van der Waals surface area contributed by atoms with E-state index >= 15 is 0 Å². The van der Waals surface area contributed by atoms with Gasteiger partial charge in [-0.2, -0.15) is 0 Å². The summed E-state index contributed by atoms with van der Waals surface area (Å²) in [7, 11) is 0. The lowest BCUT2D eigenvalue weighted by atomic mass is 10.1. The van der Waals surface area contributed by atoms with Gasteiger partial charge in [0.1, 0.15) is 6.61 Å². The van der Waals surface area contributed by atoms with Crippen molar-refractivity contribution < 1.29 is 19.0 Å². The van der Waals surface area contributed by atoms with E-state index in [1.165, 1.54) is 13.8 Å². The molecule has 1 rings (SSSR count). The summed E-state index contributed by atoms with van der Waals surface area (Å²) in [6, 6.07) is 0. The van der Waals surface area contributed by atoms with E-state index in [-0.39, 0.29) is 6.61 Å². The third-order valence-electron chi connectivity index (χ3n) is 1.91. The smallest absolute Gasteiger partial charge is 0.406 e.